The second-order valence-electron chi connectivity index (χ2n) is 7.51. The van der Waals surface area contributed by atoms with Crippen LogP contribution < -0.4 is 10.0 Å². The number of nitrogens with zero attached hydrogens (tertiary/aromatic N) is 2. The molecule has 1 aliphatic rings. The maximum Gasteiger partial charge on any atom is 0.265 e. The number of nitrogens with one attached hydrogen (secondary N) is 2. The number of anilines is 2. The first-order valence-corrected chi connectivity index (χ1v) is 12.7. The number of halogens is 1. The van der Waals surface area contributed by atoms with Crippen molar-refractivity contribution in [1.29, 1.82) is 5.26 Å². The van der Waals surface area contributed by atoms with E-state index in [1.807, 2.05) is 0 Å². The molecule has 0 saturated carbocycles. The molecule has 4 rings (SSSR count). The van der Waals surface area contributed by atoms with Crippen molar-refractivity contribution < 1.29 is 18.0 Å². The molecule has 2 aromatic carbocycles. The average Bonchev–Trinajstić information content (AvgIpc) is 3.10. The van der Waals surface area contributed by atoms with E-state index in [9.17, 15) is 23.3 Å². The molecule has 0 bridgehead atoms. The van der Waals surface area contributed by atoms with Crippen LogP contribution in [0, 0.1) is 11.3 Å². The molecule has 11 heteroatoms. The van der Waals surface area contributed by atoms with Gasteiger partial charge < -0.3 is 10.2 Å². The minimum Gasteiger partial charge on any atom is -0.337 e. The van der Waals surface area contributed by atoms with Crippen LogP contribution in [0.2, 0.25) is 5.02 Å². The average molecular weight is 501 g/mol. The largest absolute Gasteiger partial charge is 0.337 e. The van der Waals surface area contributed by atoms with Gasteiger partial charge >= 0.3 is 0 Å². The summed E-state index contributed by atoms with van der Waals surface area (Å²) >= 11 is 7.30. The van der Waals surface area contributed by atoms with Crippen molar-refractivity contribution in [1.82, 2.24) is 4.90 Å². The number of amides is 2. The fourth-order valence-corrected chi connectivity index (χ4v) is 5.50. The van der Waals surface area contributed by atoms with Gasteiger partial charge in [0, 0.05) is 39.3 Å². The summed E-state index contributed by atoms with van der Waals surface area (Å²) in [5, 5.41) is 12.6. The number of hydrogen-bond donors (Lipinski definition) is 2. The Bertz CT molecular complexity index is 1460. The van der Waals surface area contributed by atoms with Gasteiger partial charge in [-0.2, -0.15) is 5.26 Å². The number of sulfonamides is 1. The van der Waals surface area contributed by atoms with Gasteiger partial charge in [-0.1, -0.05) is 17.7 Å². The van der Waals surface area contributed by atoms with Crippen molar-refractivity contribution in [3.05, 3.63) is 68.4 Å². The normalized spacial score (nSPS) is 12.9. The lowest BCUT2D eigenvalue weighted by Crippen LogP contribution is -2.24. The molecule has 168 valence electrons. The van der Waals surface area contributed by atoms with Crippen LogP contribution in [-0.2, 0) is 16.6 Å². The molecule has 1 aromatic heterocycles. The van der Waals surface area contributed by atoms with E-state index < -0.39 is 15.9 Å². The van der Waals surface area contributed by atoms with E-state index in [1.54, 1.807) is 36.2 Å². The summed E-state index contributed by atoms with van der Waals surface area (Å²) in [6.07, 6.45) is 1.01. The molecular weight excluding hydrogens is 484 g/mol. The van der Waals surface area contributed by atoms with E-state index in [4.69, 9.17) is 11.6 Å². The van der Waals surface area contributed by atoms with Crippen molar-refractivity contribution in [2.75, 3.05) is 23.3 Å². The third-order valence-electron chi connectivity index (χ3n) is 4.90. The summed E-state index contributed by atoms with van der Waals surface area (Å²) in [6.45, 7) is 0.297. The Morgan fingerprint density at radius 2 is 1.91 bits per heavy atom. The van der Waals surface area contributed by atoms with Crippen LogP contribution in [0.1, 0.15) is 30.5 Å². The maximum absolute atomic E-state index is 13.0. The molecule has 0 aliphatic carbocycles. The molecule has 33 heavy (non-hydrogen) atoms. The minimum absolute atomic E-state index is 0.193. The number of nitriles is 1. The molecule has 0 spiro atoms. The molecule has 2 heterocycles. The summed E-state index contributed by atoms with van der Waals surface area (Å²) in [5.41, 5.74) is 2.48. The second-order valence-corrected chi connectivity index (χ2v) is 10.8. The number of carbonyl (C=O) groups excluding carboxylic acids is 2. The SMILES string of the molecule is CN1Cc2sc(C(=O)Nc3cc(Cl)cc(NS(C)(=O)=O)c3)cc2-c2c(C#N)cccc2C1=O. The topological polar surface area (TPSA) is 119 Å². The van der Waals surface area contributed by atoms with Crippen molar-refractivity contribution >= 4 is 56.2 Å². The lowest BCUT2D eigenvalue weighted by Gasteiger charge is -2.14. The summed E-state index contributed by atoms with van der Waals surface area (Å²) in [5.74, 6) is -0.619. The van der Waals surface area contributed by atoms with Crippen LogP contribution in [0.5, 0.6) is 0 Å². The van der Waals surface area contributed by atoms with Gasteiger partial charge in [0.2, 0.25) is 10.0 Å². The molecule has 0 fully saturated rings. The molecule has 0 saturated heterocycles. The second kappa shape index (κ2) is 8.51. The highest BCUT2D eigenvalue weighted by Crippen LogP contribution is 2.39. The zero-order chi connectivity index (χ0) is 23.9. The summed E-state index contributed by atoms with van der Waals surface area (Å²) < 4.78 is 25.4. The summed E-state index contributed by atoms with van der Waals surface area (Å²) in [6, 6.07) is 13.2. The Morgan fingerprint density at radius 3 is 2.61 bits per heavy atom. The molecule has 0 unspecified atom stereocenters. The Morgan fingerprint density at radius 1 is 1.18 bits per heavy atom. The van der Waals surface area contributed by atoms with Gasteiger partial charge in [0.15, 0.2) is 0 Å². The van der Waals surface area contributed by atoms with E-state index in [0.717, 1.165) is 11.1 Å². The van der Waals surface area contributed by atoms with Crippen LogP contribution in [0.15, 0.2) is 42.5 Å². The van der Waals surface area contributed by atoms with Gasteiger partial charge in [0.25, 0.3) is 11.8 Å². The van der Waals surface area contributed by atoms with Gasteiger partial charge in [0.1, 0.15) is 0 Å². The first-order chi connectivity index (χ1) is 15.6. The highest BCUT2D eigenvalue weighted by Gasteiger charge is 2.28. The number of carbonyl (C=O) groups is 2. The zero-order valence-electron chi connectivity index (χ0n) is 17.5. The van der Waals surface area contributed by atoms with Gasteiger partial charge in [-0.25, -0.2) is 8.42 Å². The molecule has 2 amide bonds. The smallest absolute Gasteiger partial charge is 0.265 e. The highest BCUT2D eigenvalue weighted by molar-refractivity contribution is 7.92. The van der Waals surface area contributed by atoms with Crippen molar-refractivity contribution in [2.45, 2.75) is 6.54 Å². The Kier molecular flexibility index (Phi) is 5.88. The van der Waals surface area contributed by atoms with Gasteiger partial charge in [-0.05, 0) is 36.4 Å². The van der Waals surface area contributed by atoms with E-state index in [-0.39, 0.29) is 16.6 Å². The van der Waals surface area contributed by atoms with Gasteiger partial charge in [0.05, 0.1) is 35.0 Å². The van der Waals surface area contributed by atoms with E-state index in [1.165, 1.54) is 29.5 Å². The highest BCUT2D eigenvalue weighted by atomic mass is 35.5. The number of thiophene rings is 1. The summed E-state index contributed by atoms with van der Waals surface area (Å²) in [7, 11) is -1.85. The fraction of sp³-hybridized carbons (Fsp3) is 0.136. The predicted octanol–water partition coefficient (Wildman–Crippen LogP) is 4.15. The van der Waals surface area contributed by atoms with Crippen LogP contribution in [0.25, 0.3) is 11.1 Å². The van der Waals surface area contributed by atoms with Crippen molar-refractivity contribution in [2.24, 2.45) is 0 Å². The molecule has 0 radical (unpaired) electrons. The minimum atomic E-state index is -3.52. The third-order valence-corrected chi connectivity index (χ3v) is 6.85. The molecule has 1 aliphatic heterocycles. The summed E-state index contributed by atoms with van der Waals surface area (Å²) in [4.78, 5) is 28.5. The quantitative estimate of drug-likeness (QED) is 0.557. The number of benzene rings is 2. The number of hydrogen-bond acceptors (Lipinski definition) is 6. The number of rotatable bonds is 4. The molecule has 0 atom stereocenters. The lowest BCUT2D eigenvalue weighted by atomic mass is 9.95. The Labute approximate surface area is 199 Å². The Hall–Kier alpha value is -3.39. The Balaban J connectivity index is 1.72. The lowest BCUT2D eigenvalue weighted by molar-refractivity contribution is 0.0789. The zero-order valence-corrected chi connectivity index (χ0v) is 19.9. The first-order valence-electron chi connectivity index (χ1n) is 9.57. The predicted molar refractivity (Wildman–Crippen MR) is 128 cm³/mol. The van der Waals surface area contributed by atoms with Crippen molar-refractivity contribution in [3.63, 3.8) is 0 Å². The first kappa shape index (κ1) is 22.8. The molecule has 3 aromatic rings. The van der Waals surface area contributed by atoms with E-state index in [2.05, 4.69) is 16.1 Å². The van der Waals surface area contributed by atoms with Gasteiger partial charge in [-0.15, -0.1) is 11.3 Å². The van der Waals surface area contributed by atoms with E-state index in [0.29, 0.717) is 39.4 Å². The number of fused-ring (bicyclic) bond motifs is 3. The van der Waals surface area contributed by atoms with Crippen LogP contribution in [0.3, 0.4) is 0 Å². The van der Waals surface area contributed by atoms with Crippen molar-refractivity contribution in [3.8, 4) is 17.2 Å². The van der Waals surface area contributed by atoms with E-state index >= 15 is 0 Å². The van der Waals surface area contributed by atoms with Gasteiger partial charge in [-0.3, -0.25) is 14.3 Å². The van der Waals surface area contributed by atoms with Crippen LogP contribution in [0.4, 0.5) is 11.4 Å². The maximum atomic E-state index is 13.0. The molecule has 2 N–H and O–H groups in total. The van der Waals surface area contributed by atoms with Crippen LogP contribution >= 0.6 is 22.9 Å². The third kappa shape index (κ3) is 4.71. The van der Waals surface area contributed by atoms with Crippen LogP contribution in [-0.4, -0.2) is 38.4 Å². The molecule has 8 nitrogen and oxygen atoms in total. The molecular formula is C22H17ClN4O4S2. The fourth-order valence-electron chi connectivity index (χ4n) is 3.60. The monoisotopic (exact) mass is 500 g/mol. The standard InChI is InChI=1S/C22H17ClN4O4S2/c1-27-11-19-17(20-12(10-24)4-3-5-16(20)22(27)29)9-18(32-19)21(28)25-14-6-13(23)7-15(8-14)26-33(2,30)31/h3-9,26H,11H2,1-2H3,(H,25,28).